The number of aliphatic hydroxyl groups is 1. The Balaban J connectivity index is 2.19. The minimum absolute atomic E-state index is 0.0679. The number of benzene rings is 1. The molecule has 31 heavy (non-hydrogen) atoms. The highest BCUT2D eigenvalue weighted by Gasteiger charge is 2.37. The smallest absolute Gasteiger partial charge is 0.250 e. The number of primary amides is 1. The van der Waals surface area contributed by atoms with Crippen LogP contribution in [0.1, 0.15) is 45.1 Å². The minimum Gasteiger partial charge on any atom is -0.493 e. The predicted octanol–water partition coefficient (Wildman–Crippen LogP) is 3.82. The first-order valence-electron chi connectivity index (χ1n) is 11.1. The Hall–Kier alpha value is -2.73. The number of unbranched alkanes of at least 4 members (excludes halogenated alkanes) is 1. The number of anilines is 1. The van der Waals surface area contributed by atoms with E-state index in [2.05, 4.69) is 48.8 Å². The van der Waals surface area contributed by atoms with E-state index in [0.717, 1.165) is 61.5 Å². The van der Waals surface area contributed by atoms with Gasteiger partial charge >= 0.3 is 0 Å². The van der Waals surface area contributed by atoms with Crippen LogP contribution < -0.4 is 10.6 Å². The summed E-state index contributed by atoms with van der Waals surface area (Å²) in [5.41, 5.74) is 9.09. The second kappa shape index (κ2) is 9.60. The summed E-state index contributed by atoms with van der Waals surface area (Å²) in [6, 6.07) is 8.15. The normalized spacial score (nSPS) is 20.2. The van der Waals surface area contributed by atoms with E-state index >= 15 is 0 Å². The van der Waals surface area contributed by atoms with Gasteiger partial charge in [0, 0.05) is 19.7 Å². The molecule has 0 bridgehead atoms. The lowest BCUT2D eigenvalue weighted by atomic mass is 9.81. The molecule has 0 aliphatic carbocycles. The number of ether oxygens (including phenoxy) is 1. The molecule has 1 aromatic rings. The van der Waals surface area contributed by atoms with Gasteiger partial charge in [0.1, 0.15) is 0 Å². The number of hydrogen-bond donors (Lipinski definition) is 2. The van der Waals surface area contributed by atoms with E-state index < -0.39 is 5.91 Å². The third kappa shape index (κ3) is 4.64. The van der Waals surface area contributed by atoms with Gasteiger partial charge in [0.15, 0.2) is 11.6 Å². The second-order valence-corrected chi connectivity index (χ2v) is 8.77. The molecule has 6 heteroatoms. The summed E-state index contributed by atoms with van der Waals surface area (Å²) in [6.45, 7) is 8.09. The lowest BCUT2D eigenvalue weighted by molar-refractivity contribution is -0.114. The number of piperidine rings is 1. The average molecular weight is 426 g/mol. The van der Waals surface area contributed by atoms with Crippen LogP contribution in [0.15, 0.2) is 59.3 Å². The summed E-state index contributed by atoms with van der Waals surface area (Å²) in [4.78, 5) is 16.9. The van der Waals surface area contributed by atoms with Crippen LogP contribution in [0.25, 0.3) is 0 Å². The van der Waals surface area contributed by atoms with Crippen LogP contribution in [0.4, 0.5) is 5.69 Å². The second-order valence-electron chi connectivity index (χ2n) is 8.77. The highest BCUT2D eigenvalue weighted by Crippen LogP contribution is 2.41. The predicted molar refractivity (Wildman–Crippen MR) is 124 cm³/mol. The molecule has 0 unspecified atom stereocenters. The standard InChI is InChI=1S/C25H35N3O3/c1-5-6-10-21-19(23(26)30)16-22(31-4)24(27-14-12-25(3,17-29)13-15-27)28(21)20-11-8-7-9-18(20)2/h7-11,16,29H,5-6,12-15,17H2,1-4H3,(H2,26,30)/b21-10+. The number of allylic oxidation sites excluding steroid dienone is 2. The van der Waals surface area contributed by atoms with Gasteiger partial charge in [-0.1, -0.05) is 44.5 Å². The molecule has 168 valence electrons. The summed E-state index contributed by atoms with van der Waals surface area (Å²) >= 11 is 0. The van der Waals surface area contributed by atoms with Gasteiger partial charge in [-0.05, 0) is 49.3 Å². The van der Waals surface area contributed by atoms with Crippen molar-refractivity contribution in [3.05, 3.63) is 64.8 Å². The number of hydrogen-bond acceptors (Lipinski definition) is 5. The van der Waals surface area contributed by atoms with Crippen LogP contribution in [0.5, 0.6) is 0 Å². The number of methoxy groups -OCH3 is 1. The summed E-state index contributed by atoms with van der Waals surface area (Å²) in [7, 11) is 1.63. The number of rotatable bonds is 7. The molecule has 6 nitrogen and oxygen atoms in total. The van der Waals surface area contributed by atoms with E-state index in [0.29, 0.717) is 11.3 Å². The van der Waals surface area contributed by atoms with Crippen molar-refractivity contribution in [3.63, 3.8) is 0 Å². The van der Waals surface area contributed by atoms with Crippen molar-refractivity contribution in [2.24, 2.45) is 11.1 Å². The van der Waals surface area contributed by atoms with Crippen molar-refractivity contribution >= 4 is 11.6 Å². The van der Waals surface area contributed by atoms with Crippen LogP contribution in [0, 0.1) is 12.3 Å². The molecule has 1 amide bonds. The zero-order valence-electron chi connectivity index (χ0n) is 19.1. The maximum atomic E-state index is 12.4. The van der Waals surface area contributed by atoms with Gasteiger partial charge < -0.3 is 20.5 Å². The molecule has 3 N–H and O–H groups in total. The molecule has 0 aromatic heterocycles. The molecule has 0 saturated carbocycles. The maximum Gasteiger partial charge on any atom is 0.250 e. The van der Waals surface area contributed by atoms with Crippen molar-refractivity contribution in [1.29, 1.82) is 0 Å². The molecule has 1 saturated heterocycles. The van der Waals surface area contributed by atoms with Gasteiger partial charge in [0.2, 0.25) is 0 Å². The number of nitrogens with zero attached hydrogens (tertiary/aromatic N) is 2. The van der Waals surface area contributed by atoms with Crippen LogP contribution >= 0.6 is 0 Å². The van der Waals surface area contributed by atoms with Crippen LogP contribution in [0.2, 0.25) is 0 Å². The fourth-order valence-corrected chi connectivity index (χ4v) is 4.22. The Morgan fingerprint density at radius 1 is 1.29 bits per heavy atom. The van der Waals surface area contributed by atoms with Gasteiger partial charge in [-0.2, -0.15) is 0 Å². The lowest BCUT2D eigenvalue weighted by Crippen LogP contribution is -2.46. The fraction of sp³-hybridized carbons (Fsp3) is 0.480. The number of nitrogens with two attached hydrogens (primary N) is 1. The highest BCUT2D eigenvalue weighted by atomic mass is 16.5. The van der Waals surface area contributed by atoms with E-state index in [9.17, 15) is 9.90 Å². The molecule has 0 spiro atoms. The highest BCUT2D eigenvalue weighted by molar-refractivity contribution is 5.99. The zero-order chi connectivity index (χ0) is 22.6. The monoisotopic (exact) mass is 425 g/mol. The first-order chi connectivity index (χ1) is 14.8. The van der Waals surface area contributed by atoms with Crippen LogP contribution in [-0.4, -0.2) is 42.7 Å². The molecule has 3 rings (SSSR count). The van der Waals surface area contributed by atoms with Crippen molar-refractivity contribution in [3.8, 4) is 0 Å². The van der Waals surface area contributed by atoms with E-state index in [1.165, 1.54) is 0 Å². The van der Waals surface area contributed by atoms with E-state index in [1.807, 2.05) is 12.1 Å². The summed E-state index contributed by atoms with van der Waals surface area (Å²) in [5, 5.41) is 9.81. The molecule has 2 heterocycles. The Morgan fingerprint density at radius 3 is 2.52 bits per heavy atom. The number of para-hydroxylation sites is 1. The van der Waals surface area contributed by atoms with Gasteiger partial charge in [0.05, 0.1) is 24.1 Å². The molecule has 2 aliphatic rings. The summed E-state index contributed by atoms with van der Waals surface area (Å²) in [6.07, 6.45) is 7.43. The fourth-order valence-electron chi connectivity index (χ4n) is 4.22. The van der Waals surface area contributed by atoms with Crippen LogP contribution in [0.3, 0.4) is 0 Å². The number of aryl methyl sites for hydroxylation is 1. The third-order valence-electron chi connectivity index (χ3n) is 6.34. The Bertz CT molecular complexity index is 908. The van der Waals surface area contributed by atoms with E-state index in [4.69, 9.17) is 10.5 Å². The quantitative estimate of drug-likeness (QED) is 0.694. The van der Waals surface area contributed by atoms with Gasteiger partial charge in [-0.3, -0.25) is 9.69 Å². The molecular weight excluding hydrogens is 390 g/mol. The maximum absolute atomic E-state index is 12.4. The average Bonchev–Trinajstić information content (AvgIpc) is 2.77. The van der Waals surface area contributed by atoms with Gasteiger partial charge in [-0.25, -0.2) is 0 Å². The molecular formula is C25H35N3O3. The molecule has 1 aromatic carbocycles. The molecule has 0 radical (unpaired) electrons. The van der Waals surface area contributed by atoms with E-state index in [1.54, 1.807) is 13.2 Å². The first kappa shape index (κ1) is 22.9. The lowest BCUT2D eigenvalue weighted by Gasteiger charge is -2.45. The Labute approximate surface area is 185 Å². The summed E-state index contributed by atoms with van der Waals surface area (Å²) in [5.74, 6) is 1.07. The molecule has 1 fully saturated rings. The number of carbonyl (C=O) groups excluding carboxylic acids is 1. The van der Waals surface area contributed by atoms with Crippen molar-refractivity contribution in [2.75, 3.05) is 31.7 Å². The number of likely N-dealkylation sites (tertiary alicyclic amines) is 1. The topological polar surface area (TPSA) is 79.0 Å². The van der Waals surface area contributed by atoms with Crippen molar-refractivity contribution in [2.45, 2.75) is 46.5 Å². The number of amides is 1. The SMILES string of the molecule is CCC/C=C1\C(C(N)=O)=CC(OC)=C(N2CCC(C)(CO)CC2)N1c1ccccc1C. The van der Waals surface area contributed by atoms with Gasteiger partial charge in [-0.15, -0.1) is 0 Å². The van der Waals surface area contributed by atoms with Crippen molar-refractivity contribution < 1.29 is 14.6 Å². The van der Waals surface area contributed by atoms with Crippen LogP contribution in [-0.2, 0) is 9.53 Å². The molecule has 2 aliphatic heterocycles. The number of aliphatic hydroxyl groups excluding tert-OH is 1. The van der Waals surface area contributed by atoms with Crippen molar-refractivity contribution in [1.82, 2.24) is 4.90 Å². The molecule has 0 atom stereocenters. The largest absolute Gasteiger partial charge is 0.493 e. The zero-order valence-corrected chi connectivity index (χ0v) is 19.1. The van der Waals surface area contributed by atoms with E-state index in [-0.39, 0.29) is 12.0 Å². The summed E-state index contributed by atoms with van der Waals surface area (Å²) < 4.78 is 5.80. The first-order valence-corrected chi connectivity index (χ1v) is 11.1. The third-order valence-corrected chi connectivity index (χ3v) is 6.34. The Kier molecular flexibility index (Phi) is 7.11. The number of carbonyl (C=O) groups is 1. The van der Waals surface area contributed by atoms with Gasteiger partial charge in [0.25, 0.3) is 5.91 Å². The minimum atomic E-state index is -0.471. The Morgan fingerprint density at radius 2 is 1.97 bits per heavy atom.